The van der Waals surface area contributed by atoms with Gasteiger partial charge in [0.25, 0.3) is 0 Å². The average molecular weight is 327 g/mol. The van der Waals surface area contributed by atoms with Crippen LogP contribution < -0.4 is 10.1 Å². The summed E-state index contributed by atoms with van der Waals surface area (Å²) in [5.74, 6) is 1.03. The van der Waals surface area contributed by atoms with Gasteiger partial charge in [-0.15, -0.1) is 0 Å². The minimum absolute atomic E-state index is 0.00924. The number of methoxy groups -OCH3 is 1. The number of aromatic hydroxyl groups is 1. The lowest BCUT2D eigenvalue weighted by atomic mass is 10.0. The maximum atomic E-state index is 12.0. The minimum Gasteiger partial charge on any atom is -0.504 e. The van der Waals surface area contributed by atoms with E-state index in [0.29, 0.717) is 24.6 Å². The van der Waals surface area contributed by atoms with Gasteiger partial charge in [0.2, 0.25) is 5.91 Å². The number of carbonyl (C=O) groups excluding carboxylic acids is 1. The average Bonchev–Trinajstić information content (AvgIpc) is 2.59. The van der Waals surface area contributed by atoms with Gasteiger partial charge in [0, 0.05) is 13.0 Å². The van der Waals surface area contributed by atoms with Crippen LogP contribution in [0.15, 0.2) is 42.5 Å². The minimum atomic E-state index is 0.00924. The second-order valence-corrected chi connectivity index (χ2v) is 6.18. The Morgan fingerprint density at radius 3 is 2.42 bits per heavy atom. The Labute approximate surface area is 143 Å². The van der Waals surface area contributed by atoms with Crippen molar-refractivity contribution in [2.24, 2.45) is 0 Å². The first-order valence-electron chi connectivity index (χ1n) is 8.21. The van der Waals surface area contributed by atoms with E-state index in [0.717, 1.165) is 12.0 Å². The van der Waals surface area contributed by atoms with Crippen molar-refractivity contribution >= 4 is 5.91 Å². The van der Waals surface area contributed by atoms with Crippen molar-refractivity contribution in [3.05, 3.63) is 59.2 Å². The van der Waals surface area contributed by atoms with Crippen LogP contribution in [0.25, 0.3) is 0 Å². The highest BCUT2D eigenvalue weighted by Crippen LogP contribution is 2.26. The third-order valence-corrected chi connectivity index (χ3v) is 4.02. The lowest BCUT2D eigenvalue weighted by Gasteiger charge is -2.09. The predicted molar refractivity (Wildman–Crippen MR) is 95.4 cm³/mol. The van der Waals surface area contributed by atoms with Gasteiger partial charge in [-0.25, -0.2) is 0 Å². The number of carbonyl (C=O) groups is 1. The molecule has 0 heterocycles. The Morgan fingerprint density at radius 1 is 1.12 bits per heavy atom. The number of phenolic OH excluding ortho intramolecular Hbond substituents is 1. The van der Waals surface area contributed by atoms with Crippen LogP contribution in [-0.4, -0.2) is 18.1 Å². The molecule has 0 atom stereocenters. The highest BCUT2D eigenvalue weighted by molar-refractivity contribution is 5.76. The van der Waals surface area contributed by atoms with E-state index in [-0.39, 0.29) is 11.7 Å². The Kier molecular flexibility index (Phi) is 6.24. The molecular formula is C20H25NO3. The number of ether oxygens (including phenoxy) is 1. The maximum Gasteiger partial charge on any atom is 0.220 e. The Bertz CT molecular complexity index is 678. The second kappa shape index (κ2) is 8.39. The van der Waals surface area contributed by atoms with Crippen LogP contribution in [0.5, 0.6) is 11.5 Å². The first-order valence-corrected chi connectivity index (χ1v) is 8.21. The van der Waals surface area contributed by atoms with Gasteiger partial charge in [-0.05, 0) is 41.2 Å². The summed E-state index contributed by atoms with van der Waals surface area (Å²) in [6.45, 7) is 4.75. The first kappa shape index (κ1) is 17.9. The van der Waals surface area contributed by atoms with Crippen molar-refractivity contribution in [3.63, 3.8) is 0 Å². The van der Waals surface area contributed by atoms with Gasteiger partial charge < -0.3 is 15.2 Å². The lowest BCUT2D eigenvalue weighted by Crippen LogP contribution is -2.23. The maximum absolute atomic E-state index is 12.0. The van der Waals surface area contributed by atoms with Gasteiger partial charge in [0.05, 0.1) is 7.11 Å². The number of benzene rings is 2. The van der Waals surface area contributed by atoms with E-state index in [1.54, 1.807) is 18.2 Å². The summed E-state index contributed by atoms with van der Waals surface area (Å²) >= 11 is 0. The van der Waals surface area contributed by atoms with E-state index in [1.807, 2.05) is 0 Å². The Hall–Kier alpha value is -2.49. The number of aryl methyl sites for hydroxylation is 1. The zero-order chi connectivity index (χ0) is 17.5. The molecule has 24 heavy (non-hydrogen) atoms. The molecule has 0 bridgehead atoms. The number of nitrogens with one attached hydrogen (secondary N) is 1. The third-order valence-electron chi connectivity index (χ3n) is 4.02. The zero-order valence-electron chi connectivity index (χ0n) is 14.5. The SMILES string of the molecule is COc1cc(CNC(=O)CCc2ccc(C(C)C)cc2)ccc1O. The fourth-order valence-electron chi connectivity index (χ4n) is 2.45. The summed E-state index contributed by atoms with van der Waals surface area (Å²) in [7, 11) is 1.50. The van der Waals surface area contributed by atoms with Crippen molar-refractivity contribution < 1.29 is 14.6 Å². The van der Waals surface area contributed by atoms with E-state index in [2.05, 4.69) is 43.4 Å². The molecule has 0 spiro atoms. The van der Waals surface area contributed by atoms with Crippen LogP contribution in [0.1, 0.15) is 42.9 Å². The normalized spacial score (nSPS) is 10.7. The summed E-state index contributed by atoms with van der Waals surface area (Å²) in [5, 5.41) is 12.5. The molecule has 4 nitrogen and oxygen atoms in total. The van der Waals surface area contributed by atoms with E-state index in [9.17, 15) is 9.90 Å². The molecule has 0 radical (unpaired) electrons. The number of hydrogen-bond acceptors (Lipinski definition) is 3. The van der Waals surface area contributed by atoms with Crippen molar-refractivity contribution in [2.75, 3.05) is 7.11 Å². The lowest BCUT2D eigenvalue weighted by molar-refractivity contribution is -0.121. The molecule has 0 aliphatic carbocycles. The monoisotopic (exact) mass is 327 g/mol. The molecule has 128 valence electrons. The fraction of sp³-hybridized carbons (Fsp3) is 0.350. The molecule has 0 aliphatic heterocycles. The van der Waals surface area contributed by atoms with Gasteiger partial charge >= 0.3 is 0 Å². The molecule has 2 aromatic carbocycles. The van der Waals surface area contributed by atoms with E-state index < -0.39 is 0 Å². The molecule has 2 N–H and O–H groups in total. The van der Waals surface area contributed by atoms with Gasteiger partial charge in [0.1, 0.15) is 0 Å². The van der Waals surface area contributed by atoms with E-state index >= 15 is 0 Å². The van der Waals surface area contributed by atoms with Gasteiger partial charge in [-0.2, -0.15) is 0 Å². The van der Waals surface area contributed by atoms with Gasteiger partial charge in [-0.1, -0.05) is 44.2 Å². The summed E-state index contributed by atoms with van der Waals surface area (Å²) in [4.78, 5) is 12.0. The van der Waals surface area contributed by atoms with Crippen LogP contribution >= 0.6 is 0 Å². The summed E-state index contributed by atoms with van der Waals surface area (Å²) in [6.07, 6.45) is 1.18. The largest absolute Gasteiger partial charge is 0.504 e. The predicted octanol–water partition coefficient (Wildman–Crippen LogP) is 3.77. The third kappa shape index (κ3) is 5.01. The fourth-order valence-corrected chi connectivity index (χ4v) is 2.45. The second-order valence-electron chi connectivity index (χ2n) is 6.18. The zero-order valence-corrected chi connectivity index (χ0v) is 14.5. The van der Waals surface area contributed by atoms with E-state index in [4.69, 9.17) is 4.74 Å². The van der Waals surface area contributed by atoms with Crippen LogP contribution in [0.3, 0.4) is 0 Å². The topological polar surface area (TPSA) is 58.6 Å². The quantitative estimate of drug-likeness (QED) is 0.814. The molecule has 4 heteroatoms. The summed E-state index contributed by atoms with van der Waals surface area (Å²) < 4.78 is 5.06. The van der Waals surface area contributed by atoms with Crippen molar-refractivity contribution in [2.45, 2.75) is 39.2 Å². The highest BCUT2D eigenvalue weighted by Gasteiger charge is 2.06. The van der Waals surface area contributed by atoms with E-state index in [1.165, 1.54) is 18.2 Å². The molecule has 0 saturated carbocycles. The Balaban J connectivity index is 1.81. The number of rotatable bonds is 7. The molecular weight excluding hydrogens is 302 g/mol. The molecule has 0 saturated heterocycles. The van der Waals surface area contributed by atoms with Crippen LogP contribution in [0, 0.1) is 0 Å². The smallest absolute Gasteiger partial charge is 0.220 e. The van der Waals surface area contributed by atoms with Gasteiger partial charge in [-0.3, -0.25) is 4.79 Å². The van der Waals surface area contributed by atoms with Crippen LogP contribution in [0.4, 0.5) is 0 Å². The molecule has 2 rings (SSSR count). The molecule has 0 aromatic heterocycles. The molecule has 0 aliphatic rings. The van der Waals surface area contributed by atoms with Crippen molar-refractivity contribution in [1.82, 2.24) is 5.32 Å². The van der Waals surface area contributed by atoms with Crippen LogP contribution in [0.2, 0.25) is 0 Å². The number of phenols is 1. The summed E-state index contributed by atoms with van der Waals surface area (Å²) in [6, 6.07) is 13.5. The van der Waals surface area contributed by atoms with Crippen molar-refractivity contribution in [1.29, 1.82) is 0 Å². The first-order chi connectivity index (χ1) is 11.5. The number of hydrogen-bond donors (Lipinski definition) is 2. The molecule has 0 unspecified atom stereocenters. The highest BCUT2D eigenvalue weighted by atomic mass is 16.5. The molecule has 1 amide bonds. The molecule has 0 fully saturated rings. The number of amides is 1. The Morgan fingerprint density at radius 2 is 1.79 bits per heavy atom. The molecule has 2 aromatic rings. The van der Waals surface area contributed by atoms with Crippen LogP contribution in [-0.2, 0) is 17.8 Å². The standard InChI is InChI=1S/C20H25NO3/c1-14(2)17-8-4-15(5-9-17)7-11-20(23)21-13-16-6-10-18(22)19(12-16)24-3/h4-6,8-10,12,14,22H,7,11,13H2,1-3H3,(H,21,23). The summed E-state index contributed by atoms with van der Waals surface area (Å²) in [5.41, 5.74) is 3.37. The van der Waals surface area contributed by atoms with Gasteiger partial charge in [0.15, 0.2) is 11.5 Å². The van der Waals surface area contributed by atoms with Crippen molar-refractivity contribution in [3.8, 4) is 11.5 Å².